The predicted octanol–water partition coefficient (Wildman–Crippen LogP) is 4.11. The van der Waals surface area contributed by atoms with E-state index in [1.807, 2.05) is 0 Å². The lowest BCUT2D eigenvalue weighted by Crippen LogP contribution is -2.37. The molecule has 2 aromatic heterocycles. The summed E-state index contributed by atoms with van der Waals surface area (Å²) >= 11 is 6.96. The van der Waals surface area contributed by atoms with Gasteiger partial charge in [-0.2, -0.15) is 0 Å². The molecular formula is C14H20BrIN4S2. The van der Waals surface area contributed by atoms with Crippen LogP contribution in [0.1, 0.15) is 20.5 Å². The zero-order chi connectivity index (χ0) is 15.2. The summed E-state index contributed by atoms with van der Waals surface area (Å²) in [5, 5.41) is 9.90. The maximum Gasteiger partial charge on any atom is 0.191 e. The number of halogens is 2. The molecule has 2 aromatic rings. The number of hydrogen-bond donors (Lipinski definition) is 2. The topological polar surface area (TPSA) is 49.3 Å². The Balaban J connectivity index is 0.00000242. The number of thiazole rings is 1. The van der Waals surface area contributed by atoms with E-state index in [0.717, 1.165) is 35.6 Å². The Morgan fingerprint density at radius 2 is 2.14 bits per heavy atom. The fraction of sp³-hybridized carbons (Fsp3) is 0.429. The standard InChI is InChI=1S/C14H19BrN4S2.HI/c1-9-10(2)21-13(19-9)4-5-17-14(16-3)18-7-12-6-11(15)8-20-12;/h6,8H,4-5,7H2,1-3H3,(H2,16,17,18);1H. The number of hydrogen-bond acceptors (Lipinski definition) is 4. The van der Waals surface area contributed by atoms with Gasteiger partial charge >= 0.3 is 0 Å². The van der Waals surface area contributed by atoms with Crippen LogP contribution in [0.5, 0.6) is 0 Å². The second kappa shape index (κ2) is 9.84. The highest BCUT2D eigenvalue weighted by Crippen LogP contribution is 2.19. The Kier molecular flexibility index (Phi) is 8.88. The van der Waals surface area contributed by atoms with Gasteiger partial charge in [0.05, 0.1) is 17.2 Å². The summed E-state index contributed by atoms with van der Waals surface area (Å²) < 4.78 is 1.13. The first kappa shape index (κ1) is 19.9. The second-order valence-corrected chi connectivity index (χ2v) is 7.78. The molecule has 0 saturated heterocycles. The van der Waals surface area contributed by atoms with Gasteiger partial charge in [0.2, 0.25) is 0 Å². The van der Waals surface area contributed by atoms with Gasteiger partial charge < -0.3 is 10.6 Å². The maximum atomic E-state index is 4.54. The average molecular weight is 515 g/mol. The molecule has 2 rings (SSSR count). The van der Waals surface area contributed by atoms with Crippen molar-refractivity contribution in [1.82, 2.24) is 15.6 Å². The van der Waals surface area contributed by atoms with E-state index < -0.39 is 0 Å². The normalized spacial score (nSPS) is 11.2. The molecule has 0 saturated carbocycles. The third-order valence-corrected chi connectivity index (χ3v) is 5.81. The summed E-state index contributed by atoms with van der Waals surface area (Å²) in [5.41, 5.74) is 1.14. The second-order valence-electron chi connectivity index (χ2n) is 4.58. The number of nitrogens with one attached hydrogen (secondary N) is 2. The first-order chi connectivity index (χ1) is 10.1. The fourth-order valence-electron chi connectivity index (χ4n) is 1.77. The van der Waals surface area contributed by atoms with Crippen LogP contribution in [0.4, 0.5) is 0 Å². The minimum Gasteiger partial charge on any atom is -0.356 e. The molecule has 22 heavy (non-hydrogen) atoms. The molecule has 0 amide bonds. The van der Waals surface area contributed by atoms with Gasteiger partial charge in [-0.1, -0.05) is 0 Å². The number of aromatic nitrogens is 1. The van der Waals surface area contributed by atoms with Crippen LogP contribution in [0.3, 0.4) is 0 Å². The zero-order valence-corrected chi connectivity index (χ0v) is 18.3. The smallest absolute Gasteiger partial charge is 0.191 e. The number of guanidine groups is 1. The summed E-state index contributed by atoms with van der Waals surface area (Å²) in [6.07, 6.45) is 0.921. The van der Waals surface area contributed by atoms with Crippen LogP contribution >= 0.6 is 62.6 Å². The minimum atomic E-state index is 0. The van der Waals surface area contributed by atoms with E-state index in [-0.39, 0.29) is 24.0 Å². The Bertz CT molecular complexity index is 605. The number of aryl methyl sites for hydroxylation is 2. The zero-order valence-electron chi connectivity index (χ0n) is 12.8. The molecule has 122 valence electrons. The molecule has 0 aromatic carbocycles. The van der Waals surface area contributed by atoms with Gasteiger partial charge in [0, 0.05) is 39.6 Å². The van der Waals surface area contributed by atoms with E-state index in [9.17, 15) is 0 Å². The molecule has 0 aliphatic heterocycles. The molecule has 0 spiro atoms. The van der Waals surface area contributed by atoms with Crippen LogP contribution in [-0.2, 0) is 13.0 Å². The molecule has 4 nitrogen and oxygen atoms in total. The first-order valence-electron chi connectivity index (χ1n) is 6.69. The highest BCUT2D eigenvalue weighted by molar-refractivity contribution is 14.0. The molecule has 2 heterocycles. The molecule has 0 aliphatic carbocycles. The Hall–Kier alpha value is -0.190. The third-order valence-electron chi connectivity index (χ3n) is 2.98. The maximum absolute atomic E-state index is 4.54. The molecule has 0 unspecified atom stereocenters. The van der Waals surface area contributed by atoms with Crippen molar-refractivity contribution in [2.24, 2.45) is 4.99 Å². The van der Waals surface area contributed by atoms with Crippen molar-refractivity contribution in [2.75, 3.05) is 13.6 Å². The lowest BCUT2D eigenvalue weighted by atomic mass is 10.4. The van der Waals surface area contributed by atoms with Gasteiger partial charge in [-0.3, -0.25) is 4.99 Å². The monoisotopic (exact) mass is 514 g/mol. The largest absolute Gasteiger partial charge is 0.356 e. The molecule has 0 radical (unpaired) electrons. The molecule has 0 aliphatic rings. The van der Waals surface area contributed by atoms with Crippen LogP contribution in [0.15, 0.2) is 20.9 Å². The van der Waals surface area contributed by atoms with E-state index in [1.165, 1.54) is 14.8 Å². The van der Waals surface area contributed by atoms with E-state index >= 15 is 0 Å². The Labute approximate surface area is 165 Å². The first-order valence-corrected chi connectivity index (χ1v) is 9.17. The van der Waals surface area contributed by atoms with Crippen molar-refractivity contribution < 1.29 is 0 Å². The average Bonchev–Trinajstić information content (AvgIpc) is 3.00. The SMILES string of the molecule is CN=C(NCCc1nc(C)c(C)s1)NCc1cc(Br)cs1.I. The lowest BCUT2D eigenvalue weighted by molar-refractivity contribution is 0.795. The number of thiophene rings is 1. The van der Waals surface area contributed by atoms with Gasteiger partial charge in [-0.25, -0.2) is 4.98 Å². The summed E-state index contributed by atoms with van der Waals surface area (Å²) in [7, 11) is 1.79. The molecule has 0 atom stereocenters. The third kappa shape index (κ3) is 6.13. The molecule has 0 fully saturated rings. The van der Waals surface area contributed by atoms with E-state index in [2.05, 4.69) is 61.8 Å². The Morgan fingerprint density at radius 1 is 1.36 bits per heavy atom. The van der Waals surface area contributed by atoms with Gasteiger partial charge in [0.1, 0.15) is 0 Å². The Morgan fingerprint density at radius 3 is 2.68 bits per heavy atom. The van der Waals surface area contributed by atoms with Crippen molar-refractivity contribution in [3.63, 3.8) is 0 Å². The number of rotatable bonds is 5. The van der Waals surface area contributed by atoms with Crippen molar-refractivity contribution >= 4 is 68.5 Å². The molecule has 2 N–H and O–H groups in total. The van der Waals surface area contributed by atoms with E-state index in [0.29, 0.717) is 0 Å². The number of nitrogens with zero attached hydrogens (tertiary/aromatic N) is 2. The van der Waals surface area contributed by atoms with Crippen LogP contribution in [0, 0.1) is 13.8 Å². The van der Waals surface area contributed by atoms with Gasteiger partial charge in [0.25, 0.3) is 0 Å². The van der Waals surface area contributed by atoms with Crippen LogP contribution in [0.2, 0.25) is 0 Å². The molecule has 8 heteroatoms. The van der Waals surface area contributed by atoms with Crippen molar-refractivity contribution in [1.29, 1.82) is 0 Å². The predicted molar refractivity (Wildman–Crippen MR) is 111 cm³/mol. The van der Waals surface area contributed by atoms with Crippen LogP contribution < -0.4 is 10.6 Å². The quantitative estimate of drug-likeness (QED) is 0.358. The number of aliphatic imine (C=N–C) groups is 1. The van der Waals surface area contributed by atoms with Crippen molar-refractivity contribution in [2.45, 2.75) is 26.8 Å². The molecular weight excluding hydrogens is 495 g/mol. The summed E-state index contributed by atoms with van der Waals surface area (Å²) in [5.74, 6) is 0.824. The summed E-state index contributed by atoms with van der Waals surface area (Å²) in [6.45, 7) is 5.79. The highest BCUT2D eigenvalue weighted by atomic mass is 127. The highest BCUT2D eigenvalue weighted by Gasteiger charge is 2.04. The fourth-order valence-corrected chi connectivity index (χ4v) is 4.10. The van der Waals surface area contributed by atoms with E-state index in [1.54, 1.807) is 29.7 Å². The van der Waals surface area contributed by atoms with Gasteiger partial charge in [-0.05, 0) is 35.8 Å². The van der Waals surface area contributed by atoms with E-state index in [4.69, 9.17) is 0 Å². The molecule has 0 bridgehead atoms. The summed E-state index contributed by atoms with van der Waals surface area (Å²) in [6, 6.07) is 2.12. The summed E-state index contributed by atoms with van der Waals surface area (Å²) in [4.78, 5) is 11.4. The van der Waals surface area contributed by atoms with Gasteiger partial charge in [-0.15, -0.1) is 46.7 Å². The minimum absolute atomic E-state index is 0. The lowest BCUT2D eigenvalue weighted by Gasteiger charge is -2.10. The van der Waals surface area contributed by atoms with Crippen molar-refractivity contribution in [3.05, 3.63) is 36.4 Å². The van der Waals surface area contributed by atoms with Crippen molar-refractivity contribution in [3.8, 4) is 0 Å². The van der Waals surface area contributed by atoms with Crippen LogP contribution in [-0.4, -0.2) is 24.5 Å². The van der Waals surface area contributed by atoms with Gasteiger partial charge in [0.15, 0.2) is 5.96 Å². The van der Waals surface area contributed by atoms with Crippen LogP contribution in [0.25, 0.3) is 0 Å².